The monoisotopic (exact) mass is 250 g/mol. The van der Waals surface area contributed by atoms with Crippen LogP contribution in [0.3, 0.4) is 0 Å². The van der Waals surface area contributed by atoms with E-state index in [1.165, 1.54) is 0 Å². The summed E-state index contributed by atoms with van der Waals surface area (Å²) in [6.45, 7) is 4.77. The number of nitrogens with one attached hydrogen (secondary N) is 1. The zero-order valence-corrected chi connectivity index (χ0v) is 10.7. The highest BCUT2D eigenvalue weighted by Gasteiger charge is 2.16. The Hall–Kier alpha value is -1.10. The number of aliphatic hydroxyl groups is 1. The first-order valence-corrected chi connectivity index (χ1v) is 6.63. The standard InChI is InChI=1S/C14H22N2O2/c17-12-13-11-16(8-4-7-15-13)9-10-18-14-5-2-1-3-6-14/h1-3,5-6,13,15,17H,4,7-12H2. The molecule has 2 rings (SSSR count). The SMILES string of the molecule is OCC1CN(CCOc2ccccc2)CCCN1. The number of hydrogen-bond donors (Lipinski definition) is 2. The molecular weight excluding hydrogens is 228 g/mol. The van der Waals surface area contributed by atoms with Crippen LogP contribution in [0.5, 0.6) is 5.75 Å². The van der Waals surface area contributed by atoms with Crippen molar-refractivity contribution < 1.29 is 9.84 Å². The summed E-state index contributed by atoms with van der Waals surface area (Å²) in [6, 6.07) is 10.1. The van der Waals surface area contributed by atoms with E-state index in [1.54, 1.807) is 0 Å². The Morgan fingerprint density at radius 1 is 1.33 bits per heavy atom. The Labute approximate surface area is 109 Å². The topological polar surface area (TPSA) is 44.7 Å². The van der Waals surface area contributed by atoms with Crippen molar-refractivity contribution in [1.29, 1.82) is 0 Å². The Morgan fingerprint density at radius 3 is 2.94 bits per heavy atom. The normalized spacial score (nSPS) is 21.5. The third-order valence-corrected chi connectivity index (χ3v) is 3.20. The highest BCUT2D eigenvalue weighted by atomic mass is 16.5. The van der Waals surface area contributed by atoms with E-state index in [9.17, 15) is 5.11 Å². The number of nitrogens with zero attached hydrogens (tertiary/aromatic N) is 1. The van der Waals surface area contributed by atoms with Crippen LogP contribution < -0.4 is 10.1 Å². The number of benzene rings is 1. The molecule has 0 bridgehead atoms. The molecule has 1 fully saturated rings. The summed E-state index contributed by atoms with van der Waals surface area (Å²) in [5.74, 6) is 0.921. The number of aliphatic hydroxyl groups excluding tert-OH is 1. The van der Waals surface area contributed by atoms with Crippen molar-refractivity contribution in [1.82, 2.24) is 10.2 Å². The molecule has 1 unspecified atom stereocenters. The molecule has 1 saturated heterocycles. The van der Waals surface area contributed by atoms with Gasteiger partial charge in [-0.1, -0.05) is 18.2 Å². The molecule has 4 heteroatoms. The third-order valence-electron chi connectivity index (χ3n) is 3.20. The minimum Gasteiger partial charge on any atom is -0.492 e. The largest absolute Gasteiger partial charge is 0.492 e. The van der Waals surface area contributed by atoms with Gasteiger partial charge in [-0.15, -0.1) is 0 Å². The first-order valence-electron chi connectivity index (χ1n) is 6.63. The number of para-hydroxylation sites is 1. The average molecular weight is 250 g/mol. The molecular formula is C14H22N2O2. The van der Waals surface area contributed by atoms with Gasteiger partial charge in [0, 0.05) is 19.1 Å². The van der Waals surface area contributed by atoms with Gasteiger partial charge in [-0.2, -0.15) is 0 Å². The van der Waals surface area contributed by atoms with Crippen molar-refractivity contribution in [2.45, 2.75) is 12.5 Å². The minimum atomic E-state index is 0.198. The lowest BCUT2D eigenvalue weighted by atomic mass is 10.3. The van der Waals surface area contributed by atoms with Gasteiger partial charge in [-0.25, -0.2) is 0 Å². The van der Waals surface area contributed by atoms with Crippen LogP contribution in [-0.4, -0.2) is 55.4 Å². The maximum Gasteiger partial charge on any atom is 0.119 e. The van der Waals surface area contributed by atoms with E-state index >= 15 is 0 Å². The lowest BCUT2D eigenvalue weighted by Gasteiger charge is -2.23. The van der Waals surface area contributed by atoms with Crippen LogP contribution in [0.4, 0.5) is 0 Å². The van der Waals surface area contributed by atoms with E-state index in [0.29, 0.717) is 6.61 Å². The van der Waals surface area contributed by atoms with Crippen molar-refractivity contribution in [2.24, 2.45) is 0 Å². The molecule has 0 radical (unpaired) electrons. The molecule has 1 aliphatic heterocycles. The fraction of sp³-hybridized carbons (Fsp3) is 0.571. The zero-order valence-electron chi connectivity index (χ0n) is 10.7. The van der Waals surface area contributed by atoms with Crippen molar-refractivity contribution in [3.8, 4) is 5.75 Å². The molecule has 1 aromatic carbocycles. The maximum atomic E-state index is 9.22. The highest BCUT2D eigenvalue weighted by molar-refractivity contribution is 5.20. The van der Waals surface area contributed by atoms with E-state index in [0.717, 1.165) is 38.3 Å². The predicted octanol–water partition coefficient (Wildman–Crippen LogP) is 0.722. The quantitative estimate of drug-likeness (QED) is 0.808. The summed E-state index contributed by atoms with van der Waals surface area (Å²) in [7, 11) is 0. The van der Waals surface area contributed by atoms with E-state index in [1.807, 2.05) is 30.3 Å². The summed E-state index contributed by atoms with van der Waals surface area (Å²) in [5.41, 5.74) is 0. The van der Waals surface area contributed by atoms with Crippen LogP contribution in [0, 0.1) is 0 Å². The van der Waals surface area contributed by atoms with Crippen LogP contribution >= 0.6 is 0 Å². The Morgan fingerprint density at radius 2 is 2.17 bits per heavy atom. The summed E-state index contributed by atoms with van der Waals surface area (Å²) in [4.78, 5) is 2.35. The average Bonchev–Trinajstić information content (AvgIpc) is 2.65. The van der Waals surface area contributed by atoms with Gasteiger partial charge in [-0.3, -0.25) is 4.90 Å². The van der Waals surface area contributed by atoms with Crippen LogP contribution in [0.2, 0.25) is 0 Å². The summed E-state index contributed by atoms with van der Waals surface area (Å²) in [5, 5.41) is 12.6. The molecule has 1 aliphatic rings. The van der Waals surface area contributed by atoms with Crippen LogP contribution in [0.1, 0.15) is 6.42 Å². The van der Waals surface area contributed by atoms with Crippen molar-refractivity contribution >= 4 is 0 Å². The first kappa shape index (κ1) is 13.3. The number of hydrogen-bond acceptors (Lipinski definition) is 4. The molecule has 1 aromatic rings. The van der Waals surface area contributed by atoms with Gasteiger partial charge in [0.25, 0.3) is 0 Å². The lowest BCUT2D eigenvalue weighted by molar-refractivity contribution is 0.177. The van der Waals surface area contributed by atoms with Crippen molar-refractivity contribution in [2.75, 3.05) is 39.4 Å². The molecule has 1 heterocycles. The Balaban J connectivity index is 1.72. The zero-order chi connectivity index (χ0) is 12.6. The second-order valence-electron chi connectivity index (χ2n) is 4.65. The Kier molecular flexibility index (Phi) is 5.45. The van der Waals surface area contributed by atoms with Gasteiger partial charge in [-0.05, 0) is 31.6 Å². The van der Waals surface area contributed by atoms with Gasteiger partial charge in [0.2, 0.25) is 0 Å². The third kappa shape index (κ3) is 4.29. The van der Waals surface area contributed by atoms with Gasteiger partial charge < -0.3 is 15.2 Å². The number of rotatable bonds is 5. The predicted molar refractivity (Wildman–Crippen MR) is 71.9 cm³/mol. The van der Waals surface area contributed by atoms with Crippen LogP contribution in [0.15, 0.2) is 30.3 Å². The van der Waals surface area contributed by atoms with Gasteiger partial charge in [0.05, 0.1) is 6.61 Å². The van der Waals surface area contributed by atoms with Gasteiger partial charge in [0.1, 0.15) is 12.4 Å². The van der Waals surface area contributed by atoms with Gasteiger partial charge in [0.15, 0.2) is 0 Å². The summed E-state index contributed by atoms with van der Waals surface area (Å²) in [6.07, 6.45) is 1.13. The van der Waals surface area contributed by atoms with Crippen molar-refractivity contribution in [3.05, 3.63) is 30.3 Å². The molecule has 4 nitrogen and oxygen atoms in total. The van der Waals surface area contributed by atoms with E-state index in [-0.39, 0.29) is 12.6 Å². The first-order chi connectivity index (χ1) is 8.88. The molecule has 0 aromatic heterocycles. The molecule has 0 aliphatic carbocycles. The fourth-order valence-electron chi connectivity index (χ4n) is 2.21. The highest BCUT2D eigenvalue weighted by Crippen LogP contribution is 2.08. The molecule has 0 saturated carbocycles. The second kappa shape index (κ2) is 7.36. The minimum absolute atomic E-state index is 0.198. The number of ether oxygens (including phenoxy) is 1. The van der Waals surface area contributed by atoms with Gasteiger partial charge >= 0.3 is 0 Å². The van der Waals surface area contributed by atoms with E-state index in [4.69, 9.17) is 4.74 Å². The molecule has 1 atom stereocenters. The molecule has 100 valence electrons. The van der Waals surface area contributed by atoms with E-state index in [2.05, 4.69) is 10.2 Å². The second-order valence-corrected chi connectivity index (χ2v) is 4.65. The molecule has 2 N–H and O–H groups in total. The smallest absolute Gasteiger partial charge is 0.119 e. The van der Waals surface area contributed by atoms with E-state index < -0.39 is 0 Å². The lowest BCUT2D eigenvalue weighted by Crippen LogP contribution is -2.41. The summed E-state index contributed by atoms with van der Waals surface area (Å²) >= 11 is 0. The molecule has 18 heavy (non-hydrogen) atoms. The summed E-state index contributed by atoms with van der Waals surface area (Å²) < 4.78 is 5.69. The Bertz CT molecular complexity index is 332. The van der Waals surface area contributed by atoms with Crippen LogP contribution in [0.25, 0.3) is 0 Å². The molecule has 0 spiro atoms. The van der Waals surface area contributed by atoms with Crippen molar-refractivity contribution in [3.63, 3.8) is 0 Å². The fourth-order valence-corrected chi connectivity index (χ4v) is 2.21. The van der Waals surface area contributed by atoms with Crippen LogP contribution in [-0.2, 0) is 0 Å². The molecule has 0 amide bonds. The maximum absolute atomic E-state index is 9.22.